The fourth-order valence-electron chi connectivity index (χ4n) is 4.53. The van der Waals surface area contributed by atoms with Gasteiger partial charge in [-0.1, -0.05) is 60.2 Å². The number of benzene rings is 3. The molecule has 5 rings (SSSR count). The first kappa shape index (κ1) is 23.9. The van der Waals surface area contributed by atoms with Crippen molar-refractivity contribution in [2.24, 2.45) is 0 Å². The molecule has 0 spiro atoms. The molecule has 184 valence electrons. The molecule has 0 aliphatic carbocycles. The minimum absolute atomic E-state index is 0.0403. The molecule has 0 saturated heterocycles. The van der Waals surface area contributed by atoms with E-state index >= 15 is 0 Å². The van der Waals surface area contributed by atoms with Gasteiger partial charge in [-0.2, -0.15) is 13.2 Å². The zero-order valence-electron chi connectivity index (χ0n) is 18.9. The molecule has 0 bridgehead atoms. The van der Waals surface area contributed by atoms with Crippen molar-refractivity contribution in [1.29, 1.82) is 0 Å². The largest absolute Gasteiger partial charge is 0.464 e. The molecule has 0 unspecified atom stereocenters. The van der Waals surface area contributed by atoms with Crippen LogP contribution in [0, 0.1) is 6.92 Å². The third kappa shape index (κ3) is 3.99. The molecule has 2 heterocycles. The van der Waals surface area contributed by atoms with Crippen LogP contribution in [0.25, 0.3) is 11.3 Å². The lowest BCUT2D eigenvalue weighted by atomic mass is 9.89. The quantitative estimate of drug-likeness (QED) is 0.293. The second-order valence-corrected chi connectivity index (χ2v) is 10.4. The summed E-state index contributed by atoms with van der Waals surface area (Å²) in [6, 6.07) is 18.4. The van der Waals surface area contributed by atoms with Crippen LogP contribution < -0.4 is 4.31 Å². The normalized spacial score (nSPS) is 17.7. The van der Waals surface area contributed by atoms with Gasteiger partial charge in [0.1, 0.15) is 17.7 Å². The number of carbonyl (C=O) groups excluding carboxylic acids is 1. The average molecular weight is 512 g/mol. The number of ketones is 1. The van der Waals surface area contributed by atoms with Crippen molar-refractivity contribution < 1.29 is 30.8 Å². The number of sulfonamides is 1. The van der Waals surface area contributed by atoms with Crippen molar-refractivity contribution >= 4 is 21.5 Å². The van der Waals surface area contributed by atoms with E-state index in [-0.39, 0.29) is 21.7 Å². The lowest BCUT2D eigenvalue weighted by Gasteiger charge is -2.29. The summed E-state index contributed by atoms with van der Waals surface area (Å²) in [4.78, 5) is 13.5. The van der Waals surface area contributed by atoms with Gasteiger partial charge in [-0.25, -0.2) is 8.42 Å². The number of nitrogens with zero attached hydrogens (tertiary/aromatic N) is 1. The summed E-state index contributed by atoms with van der Waals surface area (Å²) in [5, 5.41) is 0. The van der Waals surface area contributed by atoms with Crippen molar-refractivity contribution in [2.75, 3.05) is 4.31 Å². The van der Waals surface area contributed by atoms with Gasteiger partial charge in [0, 0.05) is 11.1 Å². The number of Topliss-reactive ketones (excluding diaryl/α,β-unsaturated/α-hetero) is 1. The number of hydrogen-bond donors (Lipinski definition) is 0. The monoisotopic (exact) mass is 511 g/mol. The van der Waals surface area contributed by atoms with Gasteiger partial charge >= 0.3 is 6.18 Å². The predicted molar refractivity (Wildman–Crippen MR) is 128 cm³/mol. The zero-order valence-corrected chi connectivity index (χ0v) is 19.8. The zero-order chi connectivity index (χ0) is 25.7. The number of carbonyl (C=O) groups is 1. The van der Waals surface area contributed by atoms with Gasteiger partial charge in [-0.3, -0.25) is 9.10 Å². The maximum absolute atomic E-state index is 14.4. The Bertz CT molecular complexity index is 1510. The summed E-state index contributed by atoms with van der Waals surface area (Å²) in [7, 11) is -4.51. The Morgan fingerprint density at radius 2 is 1.56 bits per heavy atom. The van der Waals surface area contributed by atoms with Crippen LogP contribution in [0.2, 0.25) is 0 Å². The van der Waals surface area contributed by atoms with Crippen molar-refractivity contribution in [3.63, 3.8) is 0 Å². The van der Waals surface area contributed by atoms with Gasteiger partial charge in [-0.05, 0) is 42.8 Å². The molecule has 0 radical (unpaired) electrons. The van der Waals surface area contributed by atoms with Gasteiger partial charge in [-0.15, -0.1) is 0 Å². The standard InChI is InChI=1S/C27H20F3NO4S/c1-17-8-14-20(15-9-17)36(33,34)31-22-6-3-2-5-21(22)24(27(28,29)30)25(31)26(32)19-12-10-18(11-13-19)23-7-4-16-35-23/h2-16,24-25H,1H3/t24-,25-/m1/s1. The summed E-state index contributed by atoms with van der Waals surface area (Å²) in [5.74, 6) is -2.75. The highest BCUT2D eigenvalue weighted by atomic mass is 32.2. The highest BCUT2D eigenvalue weighted by Gasteiger charge is 2.58. The molecule has 4 aromatic rings. The minimum atomic E-state index is -4.87. The molecule has 1 aliphatic heterocycles. The number of para-hydroxylation sites is 1. The average Bonchev–Trinajstić information content (AvgIpc) is 3.50. The Labute approximate surface area is 205 Å². The summed E-state index contributed by atoms with van der Waals surface area (Å²) >= 11 is 0. The fraction of sp³-hybridized carbons (Fsp3) is 0.148. The van der Waals surface area contributed by atoms with E-state index < -0.39 is 33.9 Å². The van der Waals surface area contributed by atoms with Crippen molar-refractivity contribution in [2.45, 2.75) is 30.0 Å². The first-order valence-corrected chi connectivity index (χ1v) is 12.5. The molecule has 36 heavy (non-hydrogen) atoms. The van der Waals surface area contributed by atoms with E-state index in [0.717, 1.165) is 5.56 Å². The number of halogens is 3. The number of rotatable bonds is 5. The third-order valence-electron chi connectivity index (χ3n) is 6.25. The molecule has 0 amide bonds. The van der Waals surface area contributed by atoms with Gasteiger partial charge in [0.25, 0.3) is 10.0 Å². The van der Waals surface area contributed by atoms with E-state index in [2.05, 4.69) is 0 Å². The number of alkyl halides is 3. The summed E-state index contributed by atoms with van der Waals surface area (Å²) in [6.07, 6.45) is -3.39. The van der Waals surface area contributed by atoms with Crippen LogP contribution in [0.1, 0.15) is 27.4 Å². The Morgan fingerprint density at radius 3 is 2.17 bits per heavy atom. The van der Waals surface area contributed by atoms with E-state index in [9.17, 15) is 26.4 Å². The van der Waals surface area contributed by atoms with Crippen molar-refractivity contribution in [3.05, 3.63) is 108 Å². The van der Waals surface area contributed by atoms with E-state index in [1.807, 2.05) is 0 Å². The number of furan rings is 1. The molecule has 2 atom stereocenters. The van der Waals surface area contributed by atoms with E-state index in [1.165, 1.54) is 54.8 Å². The van der Waals surface area contributed by atoms with E-state index in [1.54, 1.807) is 43.3 Å². The lowest BCUT2D eigenvalue weighted by Crippen LogP contribution is -2.47. The third-order valence-corrected chi connectivity index (χ3v) is 8.06. The van der Waals surface area contributed by atoms with Crippen LogP contribution in [-0.2, 0) is 10.0 Å². The lowest BCUT2D eigenvalue weighted by molar-refractivity contribution is -0.150. The smallest absolute Gasteiger partial charge is 0.398 e. The molecule has 1 aliphatic rings. The SMILES string of the molecule is Cc1ccc(S(=O)(=O)N2c3ccccc3[C@@H](C(F)(F)F)[C@@H]2C(=O)c2ccc(-c3ccco3)cc2)cc1. The predicted octanol–water partition coefficient (Wildman–Crippen LogP) is 6.36. The summed E-state index contributed by atoms with van der Waals surface area (Å²) in [6.45, 7) is 1.76. The van der Waals surface area contributed by atoms with E-state index in [0.29, 0.717) is 15.6 Å². The van der Waals surface area contributed by atoms with Crippen LogP contribution in [0.3, 0.4) is 0 Å². The second kappa shape index (κ2) is 8.67. The van der Waals surface area contributed by atoms with Crippen LogP contribution in [0.4, 0.5) is 18.9 Å². The van der Waals surface area contributed by atoms with Gasteiger partial charge in [0.2, 0.25) is 0 Å². The molecule has 3 aromatic carbocycles. The highest BCUT2D eigenvalue weighted by Crippen LogP contribution is 2.51. The van der Waals surface area contributed by atoms with Crippen molar-refractivity contribution in [3.8, 4) is 11.3 Å². The molecule has 1 aromatic heterocycles. The van der Waals surface area contributed by atoms with Gasteiger partial charge in [0.15, 0.2) is 5.78 Å². The Balaban J connectivity index is 1.65. The van der Waals surface area contributed by atoms with Crippen LogP contribution in [-0.4, -0.2) is 26.4 Å². The fourth-order valence-corrected chi connectivity index (χ4v) is 6.18. The number of anilines is 1. The first-order chi connectivity index (χ1) is 17.1. The maximum atomic E-state index is 14.4. The number of hydrogen-bond acceptors (Lipinski definition) is 4. The maximum Gasteiger partial charge on any atom is 0.398 e. The molecular weight excluding hydrogens is 491 g/mol. The molecule has 0 N–H and O–H groups in total. The number of aryl methyl sites for hydroxylation is 1. The molecular formula is C27H20F3NO4S. The van der Waals surface area contributed by atoms with Gasteiger partial charge in [0.05, 0.1) is 16.8 Å². The molecule has 9 heteroatoms. The van der Waals surface area contributed by atoms with Crippen LogP contribution in [0.5, 0.6) is 0 Å². The highest BCUT2D eigenvalue weighted by molar-refractivity contribution is 7.93. The number of fused-ring (bicyclic) bond motifs is 1. The van der Waals surface area contributed by atoms with Crippen molar-refractivity contribution in [1.82, 2.24) is 0 Å². The Hall–Kier alpha value is -3.85. The van der Waals surface area contributed by atoms with E-state index in [4.69, 9.17) is 4.42 Å². The summed E-state index contributed by atoms with van der Waals surface area (Å²) in [5.41, 5.74) is 0.953. The Morgan fingerprint density at radius 1 is 0.889 bits per heavy atom. The molecule has 5 nitrogen and oxygen atoms in total. The minimum Gasteiger partial charge on any atom is -0.464 e. The second-order valence-electron chi connectivity index (χ2n) is 8.56. The van der Waals surface area contributed by atoms with Gasteiger partial charge < -0.3 is 4.42 Å². The van der Waals surface area contributed by atoms with Crippen LogP contribution in [0.15, 0.2) is 101 Å². The first-order valence-electron chi connectivity index (χ1n) is 11.0. The topological polar surface area (TPSA) is 67.6 Å². The van der Waals surface area contributed by atoms with Crippen LogP contribution >= 0.6 is 0 Å². The summed E-state index contributed by atoms with van der Waals surface area (Å²) < 4.78 is 76.8. The molecule has 0 fully saturated rings. The Kier molecular flexibility index (Phi) is 5.75. The molecule has 0 saturated carbocycles.